The molecule has 0 saturated carbocycles. The highest BCUT2D eigenvalue weighted by Crippen LogP contribution is 2.23. The van der Waals surface area contributed by atoms with Gasteiger partial charge in [-0.2, -0.15) is 17.0 Å². The summed E-state index contributed by atoms with van der Waals surface area (Å²) < 4.78 is 27.3. The van der Waals surface area contributed by atoms with Crippen LogP contribution in [-0.4, -0.2) is 80.4 Å². The minimum absolute atomic E-state index is 0.475. The van der Waals surface area contributed by atoms with Gasteiger partial charge in [0.1, 0.15) is 17.5 Å². The summed E-state index contributed by atoms with van der Waals surface area (Å²) in [7, 11) is -0.200. The molecule has 0 unspecified atom stereocenters. The molecule has 0 bridgehead atoms. The summed E-state index contributed by atoms with van der Waals surface area (Å²) >= 11 is 0. The predicted octanol–water partition coefficient (Wildman–Crippen LogP) is 0.704. The Morgan fingerprint density at radius 3 is 1.92 bits per heavy atom. The highest BCUT2D eigenvalue weighted by atomic mass is 32.2. The van der Waals surface area contributed by atoms with Gasteiger partial charge < -0.3 is 9.80 Å². The lowest BCUT2D eigenvalue weighted by Crippen LogP contribution is -2.52. The summed E-state index contributed by atoms with van der Waals surface area (Å²) in [6, 6.07) is 2.05. The molecular formula is C16H28N6O2S. The quantitative estimate of drug-likeness (QED) is 0.779. The van der Waals surface area contributed by atoms with Gasteiger partial charge in [-0.15, -0.1) is 0 Å². The van der Waals surface area contributed by atoms with Gasteiger partial charge >= 0.3 is 0 Å². The Balaban J connectivity index is 1.72. The number of anilines is 2. The maximum absolute atomic E-state index is 12.2. The van der Waals surface area contributed by atoms with E-state index < -0.39 is 10.2 Å². The largest absolute Gasteiger partial charge is 0.356 e. The minimum atomic E-state index is -3.34. The van der Waals surface area contributed by atoms with Crippen molar-refractivity contribution < 1.29 is 8.42 Å². The van der Waals surface area contributed by atoms with E-state index >= 15 is 0 Å². The Labute approximate surface area is 150 Å². The van der Waals surface area contributed by atoms with Gasteiger partial charge in [0.25, 0.3) is 10.2 Å². The highest BCUT2D eigenvalue weighted by molar-refractivity contribution is 7.86. The molecule has 2 aliphatic rings. The van der Waals surface area contributed by atoms with Gasteiger partial charge in [-0.25, -0.2) is 9.97 Å². The van der Waals surface area contributed by atoms with E-state index in [2.05, 4.69) is 25.8 Å². The fourth-order valence-electron chi connectivity index (χ4n) is 3.36. The molecule has 0 N–H and O–H groups in total. The second kappa shape index (κ2) is 7.43. The van der Waals surface area contributed by atoms with E-state index in [0.717, 1.165) is 30.5 Å². The standard InChI is InChI=1S/C16H28N6O2S/c1-14-17-15(20-7-5-4-6-8-20)13-16(18-14)21-9-11-22(12-10-21)25(23,24)19(2)3/h13H,4-12H2,1-3H3. The number of nitrogens with zero attached hydrogens (tertiary/aromatic N) is 6. The Morgan fingerprint density at radius 2 is 1.40 bits per heavy atom. The molecule has 1 aromatic rings. The van der Waals surface area contributed by atoms with Crippen LogP contribution in [0.2, 0.25) is 0 Å². The number of rotatable bonds is 4. The van der Waals surface area contributed by atoms with E-state index in [4.69, 9.17) is 0 Å². The summed E-state index contributed by atoms with van der Waals surface area (Å²) in [5.74, 6) is 2.65. The van der Waals surface area contributed by atoms with Crippen molar-refractivity contribution in [2.75, 3.05) is 63.2 Å². The molecule has 0 atom stereocenters. The zero-order chi connectivity index (χ0) is 18.0. The Morgan fingerprint density at radius 1 is 0.880 bits per heavy atom. The van der Waals surface area contributed by atoms with Gasteiger partial charge in [0.2, 0.25) is 0 Å². The Bertz CT molecular complexity index is 695. The van der Waals surface area contributed by atoms with Crippen molar-refractivity contribution in [2.24, 2.45) is 0 Å². The molecule has 3 rings (SSSR count). The van der Waals surface area contributed by atoms with Gasteiger partial charge in [-0.3, -0.25) is 0 Å². The molecule has 0 radical (unpaired) electrons. The molecule has 8 nitrogen and oxygen atoms in total. The number of piperidine rings is 1. The molecular weight excluding hydrogens is 340 g/mol. The van der Waals surface area contributed by atoms with Crippen molar-refractivity contribution in [3.63, 3.8) is 0 Å². The topological polar surface area (TPSA) is 72.9 Å². The van der Waals surface area contributed by atoms with Crippen LogP contribution in [0.3, 0.4) is 0 Å². The first kappa shape index (κ1) is 18.3. The SMILES string of the molecule is Cc1nc(N2CCCCC2)cc(N2CCN(S(=O)(=O)N(C)C)CC2)n1. The zero-order valence-corrected chi connectivity index (χ0v) is 16.2. The number of aromatic nitrogens is 2. The number of hydrogen-bond donors (Lipinski definition) is 0. The van der Waals surface area contributed by atoms with Crippen LogP contribution in [0.15, 0.2) is 6.07 Å². The predicted molar refractivity (Wildman–Crippen MR) is 99.2 cm³/mol. The number of hydrogen-bond acceptors (Lipinski definition) is 6. The van der Waals surface area contributed by atoms with Gasteiger partial charge in [-0.1, -0.05) is 0 Å². The van der Waals surface area contributed by atoms with E-state index in [9.17, 15) is 8.42 Å². The van der Waals surface area contributed by atoms with E-state index in [0.29, 0.717) is 26.2 Å². The first-order valence-corrected chi connectivity index (χ1v) is 10.3. The smallest absolute Gasteiger partial charge is 0.281 e. The van der Waals surface area contributed by atoms with Gasteiger partial charge in [-0.05, 0) is 26.2 Å². The van der Waals surface area contributed by atoms with E-state index in [1.54, 1.807) is 14.1 Å². The molecule has 2 saturated heterocycles. The van der Waals surface area contributed by atoms with Gasteiger partial charge in [0.15, 0.2) is 0 Å². The molecule has 2 fully saturated rings. The van der Waals surface area contributed by atoms with Crippen molar-refractivity contribution in [3.05, 3.63) is 11.9 Å². The molecule has 0 amide bonds. The van der Waals surface area contributed by atoms with E-state index in [1.807, 2.05) is 6.92 Å². The number of aryl methyl sites for hydroxylation is 1. The second-order valence-corrected chi connectivity index (χ2v) is 9.00. The molecule has 0 spiro atoms. The van der Waals surface area contributed by atoms with Crippen molar-refractivity contribution in [2.45, 2.75) is 26.2 Å². The summed E-state index contributed by atoms with van der Waals surface area (Å²) in [6.45, 7) is 6.25. The molecule has 1 aromatic heterocycles. The number of piperazine rings is 1. The maximum atomic E-state index is 12.2. The normalized spacial score (nSPS) is 20.3. The van der Waals surface area contributed by atoms with Crippen LogP contribution in [-0.2, 0) is 10.2 Å². The van der Waals surface area contributed by atoms with Crippen molar-refractivity contribution in [3.8, 4) is 0 Å². The van der Waals surface area contributed by atoms with Gasteiger partial charge in [0, 0.05) is 59.4 Å². The molecule has 140 valence electrons. The van der Waals surface area contributed by atoms with Gasteiger partial charge in [0.05, 0.1) is 0 Å². The fourth-order valence-corrected chi connectivity index (χ4v) is 4.45. The van der Waals surface area contributed by atoms with E-state index in [-0.39, 0.29) is 0 Å². The minimum Gasteiger partial charge on any atom is -0.356 e. The summed E-state index contributed by atoms with van der Waals surface area (Å²) in [4.78, 5) is 13.7. The van der Waals surface area contributed by atoms with Crippen molar-refractivity contribution >= 4 is 21.8 Å². The molecule has 0 aromatic carbocycles. The lowest BCUT2D eigenvalue weighted by molar-refractivity contribution is 0.355. The van der Waals surface area contributed by atoms with Crippen molar-refractivity contribution in [1.82, 2.24) is 18.6 Å². The van der Waals surface area contributed by atoms with Crippen LogP contribution in [0.5, 0.6) is 0 Å². The third-order valence-corrected chi connectivity index (χ3v) is 6.78. The average Bonchev–Trinajstić information content (AvgIpc) is 2.62. The zero-order valence-electron chi connectivity index (χ0n) is 15.3. The third-order valence-electron chi connectivity index (χ3n) is 4.84. The Hall–Kier alpha value is -1.45. The first-order valence-electron chi connectivity index (χ1n) is 8.91. The first-order chi connectivity index (χ1) is 11.9. The third kappa shape index (κ3) is 4.04. The molecule has 0 aliphatic carbocycles. The van der Waals surface area contributed by atoms with E-state index in [1.165, 1.54) is 27.9 Å². The lowest BCUT2D eigenvalue weighted by atomic mass is 10.1. The molecule has 3 heterocycles. The highest BCUT2D eigenvalue weighted by Gasteiger charge is 2.29. The average molecular weight is 369 g/mol. The van der Waals surface area contributed by atoms with Crippen LogP contribution in [0.25, 0.3) is 0 Å². The maximum Gasteiger partial charge on any atom is 0.281 e. The fraction of sp³-hybridized carbons (Fsp3) is 0.750. The van der Waals surface area contributed by atoms with Crippen LogP contribution >= 0.6 is 0 Å². The Kier molecular flexibility index (Phi) is 5.45. The molecule has 9 heteroatoms. The van der Waals surface area contributed by atoms with Crippen LogP contribution in [0.1, 0.15) is 25.1 Å². The summed E-state index contributed by atoms with van der Waals surface area (Å²) in [5, 5.41) is 0. The second-order valence-electron chi connectivity index (χ2n) is 6.86. The molecule has 25 heavy (non-hydrogen) atoms. The monoisotopic (exact) mass is 368 g/mol. The molecule has 2 aliphatic heterocycles. The van der Waals surface area contributed by atoms with Crippen LogP contribution < -0.4 is 9.80 Å². The summed E-state index contributed by atoms with van der Waals surface area (Å²) in [5.41, 5.74) is 0. The lowest BCUT2D eigenvalue weighted by Gasteiger charge is -2.36. The van der Waals surface area contributed by atoms with Crippen molar-refractivity contribution in [1.29, 1.82) is 0 Å². The summed E-state index contributed by atoms with van der Waals surface area (Å²) in [6.07, 6.45) is 3.70. The van der Waals surface area contributed by atoms with Crippen LogP contribution in [0.4, 0.5) is 11.6 Å². The van der Waals surface area contributed by atoms with Crippen LogP contribution in [0, 0.1) is 6.92 Å².